The van der Waals surface area contributed by atoms with E-state index < -0.39 is 5.60 Å². The zero-order valence-corrected chi connectivity index (χ0v) is 16.8. The molecular weight excluding hydrogens is 366 g/mol. The predicted octanol–water partition coefficient (Wildman–Crippen LogP) is 3.58. The van der Waals surface area contributed by atoms with Gasteiger partial charge in [-0.15, -0.1) is 0 Å². The summed E-state index contributed by atoms with van der Waals surface area (Å²) in [5.74, 6) is 1.76. The van der Waals surface area contributed by atoms with E-state index in [1.807, 2.05) is 19.9 Å². The molecule has 1 saturated heterocycles. The third-order valence-corrected chi connectivity index (χ3v) is 4.62. The lowest BCUT2D eigenvalue weighted by Crippen LogP contribution is -2.48. The summed E-state index contributed by atoms with van der Waals surface area (Å²) in [7, 11) is 0. The number of amides is 1. The molecule has 7 heteroatoms. The largest absolute Gasteiger partial charge is 0.478 e. The molecule has 1 atom stereocenters. The summed E-state index contributed by atoms with van der Waals surface area (Å²) in [5.41, 5.74) is -0.119. The average molecular weight is 390 g/mol. The number of rotatable bonds is 5. The van der Waals surface area contributed by atoms with Crippen molar-refractivity contribution >= 4 is 17.5 Å². The van der Waals surface area contributed by atoms with Crippen LogP contribution >= 0.6 is 11.6 Å². The summed E-state index contributed by atoms with van der Waals surface area (Å²) in [6, 6.07) is 8.80. The molecule has 144 valence electrons. The van der Waals surface area contributed by atoms with Gasteiger partial charge in [-0.05, 0) is 52.0 Å². The first-order valence-corrected chi connectivity index (χ1v) is 9.33. The molecule has 1 fully saturated rings. The minimum absolute atomic E-state index is 0.0707. The van der Waals surface area contributed by atoms with E-state index in [0.717, 1.165) is 12.1 Å². The lowest BCUT2D eigenvalue weighted by molar-refractivity contribution is -0.144. The maximum Gasteiger partial charge on any atom is 0.266 e. The first-order valence-electron chi connectivity index (χ1n) is 8.96. The molecule has 0 radical (unpaired) electrons. The zero-order chi connectivity index (χ0) is 19.6. The molecule has 2 aromatic rings. The Bertz CT molecular complexity index is 803. The first kappa shape index (κ1) is 19.4. The number of ether oxygens (including phenoxy) is 2. The summed E-state index contributed by atoms with van der Waals surface area (Å²) in [6.45, 7) is 8.42. The number of carbonyl (C=O) groups excluding carboxylic acids is 1. The van der Waals surface area contributed by atoms with Gasteiger partial charge in [0.25, 0.3) is 5.91 Å². The van der Waals surface area contributed by atoms with Crippen LogP contribution in [-0.2, 0) is 4.79 Å². The number of likely N-dealkylation sites (tertiary alicyclic amines) is 1. The van der Waals surface area contributed by atoms with Gasteiger partial charge in [0, 0.05) is 29.7 Å². The van der Waals surface area contributed by atoms with Gasteiger partial charge in [0.2, 0.25) is 5.88 Å². The van der Waals surface area contributed by atoms with Crippen molar-refractivity contribution in [1.82, 2.24) is 14.9 Å². The highest BCUT2D eigenvalue weighted by Gasteiger charge is 2.38. The van der Waals surface area contributed by atoms with E-state index in [1.54, 1.807) is 43.0 Å². The van der Waals surface area contributed by atoms with Crippen molar-refractivity contribution < 1.29 is 14.3 Å². The van der Waals surface area contributed by atoms with Gasteiger partial charge in [-0.2, -0.15) is 4.98 Å². The molecule has 1 aliphatic rings. The van der Waals surface area contributed by atoms with E-state index >= 15 is 0 Å². The molecule has 0 unspecified atom stereocenters. The Morgan fingerprint density at radius 1 is 1.22 bits per heavy atom. The number of hydrogen-bond donors (Lipinski definition) is 0. The van der Waals surface area contributed by atoms with Crippen molar-refractivity contribution in [3.63, 3.8) is 0 Å². The number of hydrogen-bond acceptors (Lipinski definition) is 5. The standard InChI is InChI=1S/C20H24ClN3O3/c1-13-11-18(23-14(2)22-13)26-17-9-10-24(12-17)19(25)20(3,4)27-16-7-5-15(21)6-8-16/h5-8,11,17H,9-10,12H2,1-4H3/t17-/m0/s1. The Labute approximate surface area is 164 Å². The van der Waals surface area contributed by atoms with Crippen LogP contribution in [0.4, 0.5) is 0 Å². The van der Waals surface area contributed by atoms with Gasteiger partial charge in [0.1, 0.15) is 17.7 Å². The van der Waals surface area contributed by atoms with E-state index in [-0.39, 0.29) is 12.0 Å². The van der Waals surface area contributed by atoms with Crippen LogP contribution in [0.15, 0.2) is 30.3 Å². The number of aromatic nitrogens is 2. The van der Waals surface area contributed by atoms with Crippen LogP contribution in [0.3, 0.4) is 0 Å². The second-order valence-corrected chi connectivity index (χ2v) is 7.68. The molecule has 27 heavy (non-hydrogen) atoms. The Morgan fingerprint density at radius 2 is 1.93 bits per heavy atom. The molecule has 2 heterocycles. The normalized spacial score (nSPS) is 17.1. The van der Waals surface area contributed by atoms with Crippen LogP contribution in [0.5, 0.6) is 11.6 Å². The van der Waals surface area contributed by atoms with E-state index in [1.165, 1.54) is 0 Å². The average Bonchev–Trinajstić information content (AvgIpc) is 3.03. The maximum absolute atomic E-state index is 12.9. The van der Waals surface area contributed by atoms with Crippen LogP contribution in [0.1, 0.15) is 31.8 Å². The highest BCUT2D eigenvalue weighted by Crippen LogP contribution is 2.25. The molecular formula is C20H24ClN3O3. The maximum atomic E-state index is 12.9. The topological polar surface area (TPSA) is 64.5 Å². The Balaban J connectivity index is 1.61. The molecule has 6 nitrogen and oxygen atoms in total. The molecule has 1 aliphatic heterocycles. The molecule has 0 bridgehead atoms. The monoisotopic (exact) mass is 389 g/mol. The van der Waals surface area contributed by atoms with Crippen molar-refractivity contribution in [3.8, 4) is 11.6 Å². The van der Waals surface area contributed by atoms with Crippen molar-refractivity contribution in [1.29, 1.82) is 0 Å². The third kappa shape index (κ3) is 4.89. The SMILES string of the molecule is Cc1cc(O[C@H]2CCN(C(=O)C(C)(C)Oc3ccc(Cl)cc3)C2)nc(C)n1. The van der Waals surface area contributed by atoms with Gasteiger partial charge in [0.05, 0.1) is 6.54 Å². The second kappa shape index (κ2) is 7.72. The Morgan fingerprint density at radius 3 is 2.59 bits per heavy atom. The lowest BCUT2D eigenvalue weighted by Gasteiger charge is -2.30. The predicted molar refractivity (Wildman–Crippen MR) is 103 cm³/mol. The van der Waals surface area contributed by atoms with Crippen molar-refractivity contribution in [2.45, 2.75) is 45.8 Å². The Kier molecular flexibility index (Phi) is 5.56. The molecule has 0 N–H and O–H groups in total. The second-order valence-electron chi connectivity index (χ2n) is 7.24. The van der Waals surface area contributed by atoms with Crippen molar-refractivity contribution in [2.75, 3.05) is 13.1 Å². The molecule has 0 saturated carbocycles. The highest BCUT2D eigenvalue weighted by molar-refractivity contribution is 6.30. The van der Waals surface area contributed by atoms with E-state index in [9.17, 15) is 4.79 Å². The molecule has 1 aromatic carbocycles. The first-order chi connectivity index (χ1) is 12.7. The third-order valence-electron chi connectivity index (χ3n) is 4.36. The smallest absolute Gasteiger partial charge is 0.266 e. The fourth-order valence-corrected chi connectivity index (χ4v) is 3.27. The molecule has 3 rings (SSSR count). The van der Waals surface area contributed by atoms with Gasteiger partial charge >= 0.3 is 0 Å². The van der Waals surface area contributed by atoms with E-state index in [4.69, 9.17) is 21.1 Å². The van der Waals surface area contributed by atoms with Crippen LogP contribution < -0.4 is 9.47 Å². The Hall–Kier alpha value is -2.34. The van der Waals surface area contributed by atoms with E-state index in [2.05, 4.69) is 9.97 Å². The number of aryl methyl sites for hydroxylation is 2. The van der Waals surface area contributed by atoms with E-state index in [0.29, 0.717) is 35.6 Å². The lowest BCUT2D eigenvalue weighted by atomic mass is 10.1. The molecule has 0 aliphatic carbocycles. The molecule has 1 amide bonds. The quantitative estimate of drug-likeness (QED) is 0.781. The molecule has 0 spiro atoms. The summed E-state index contributed by atoms with van der Waals surface area (Å²) in [6.07, 6.45) is 0.666. The summed E-state index contributed by atoms with van der Waals surface area (Å²) in [4.78, 5) is 23.3. The van der Waals surface area contributed by atoms with Crippen LogP contribution in [-0.4, -0.2) is 45.6 Å². The van der Waals surface area contributed by atoms with Crippen molar-refractivity contribution in [3.05, 3.63) is 46.9 Å². The molecule has 1 aromatic heterocycles. The van der Waals surface area contributed by atoms with Gasteiger partial charge in [-0.3, -0.25) is 4.79 Å². The fourth-order valence-electron chi connectivity index (χ4n) is 3.14. The van der Waals surface area contributed by atoms with Gasteiger partial charge < -0.3 is 14.4 Å². The van der Waals surface area contributed by atoms with Crippen LogP contribution in [0.2, 0.25) is 5.02 Å². The number of benzene rings is 1. The minimum atomic E-state index is -0.981. The van der Waals surface area contributed by atoms with Gasteiger partial charge in [0.15, 0.2) is 5.60 Å². The number of carbonyl (C=O) groups is 1. The highest BCUT2D eigenvalue weighted by atomic mass is 35.5. The van der Waals surface area contributed by atoms with Crippen LogP contribution in [0, 0.1) is 13.8 Å². The minimum Gasteiger partial charge on any atom is -0.478 e. The van der Waals surface area contributed by atoms with Crippen LogP contribution in [0.25, 0.3) is 0 Å². The summed E-state index contributed by atoms with van der Waals surface area (Å²) >= 11 is 5.90. The number of nitrogens with zero attached hydrogens (tertiary/aromatic N) is 3. The van der Waals surface area contributed by atoms with Crippen molar-refractivity contribution in [2.24, 2.45) is 0 Å². The zero-order valence-electron chi connectivity index (χ0n) is 16.0. The fraction of sp³-hybridized carbons (Fsp3) is 0.450. The summed E-state index contributed by atoms with van der Waals surface area (Å²) in [5, 5.41) is 0.626. The van der Waals surface area contributed by atoms with Gasteiger partial charge in [-0.25, -0.2) is 4.98 Å². The van der Waals surface area contributed by atoms with Gasteiger partial charge in [-0.1, -0.05) is 11.6 Å². The summed E-state index contributed by atoms with van der Waals surface area (Å²) < 4.78 is 11.9. The number of halogens is 1.